The first kappa shape index (κ1) is 11.5. The van der Waals surface area contributed by atoms with Crippen molar-refractivity contribution in [2.24, 2.45) is 17.3 Å². The number of carboxylic acid groups (broad SMARTS) is 1. The lowest BCUT2D eigenvalue weighted by molar-refractivity contribution is -0.129. The molecule has 0 amide bonds. The van der Waals surface area contributed by atoms with Gasteiger partial charge in [-0.05, 0) is 16.7 Å². The van der Waals surface area contributed by atoms with Gasteiger partial charge in [-0.15, -0.1) is 0 Å². The minimum absolute atomic E-state index is 0.0602. The van der Waals surface area contributed by atoms with Crippen molar-refractivity contribution in [2.45, 2.75) is 0 Å². The molecule has 16 heavy (non-hydrogen) atoms. The molecule has 9 nitrogen and oxygen atoms in total. The van der Waals surface area contributed by atoms with Gasteiger partial charge in [-0.1, -0.05) is 5.16 Å². The van der Waals surface area contributed by atoms with E-state index in [0.717, 1.165) is 0 Å². The zero-order chi connectivity index (χ0) is 12.1. The number of azide groups is 1. The summed E-state index contributed by atoms with van der Waals surface area (Å²) in [5, 5.41) is 19.2. The molecule has 0 aromatic carbocycles. The molecule has 0 atom stereocenters. The molecule has 0 bridgehead atoms. The van der Waals surface area contributed by atoms with Crippen LogP contribution in [0.15, 0.2) is 16.3 Å². The molecule has 0 unspecified atom stereocenters. The molecule has 0 aliphatic carbocycles. The van der Waals surface area contributed by atoms with Crippen LogP contribution in [0.5, 0.6) is 0 Å². The van der Waals surface area contributed by atoms with Crippen molar-refractivity contribution >= 4 is 17.5 Å². The SMILES string of the molecule is CON=C(C(=O)O)c1cc(N=[N+]=[N-])nn1C. The van der Waals surface area contributed by atoms with Crippen LogP contribution in [0.25, 0.3) is 10.4 Å². The Hall–Kier alpha value is -2.54. The van der Waals surface area contributed by atoms with Gasteiger partial charge in [0.05, 0.1) is 5.69 Å². The third kappa shape index (κ3) is 2.28. The second-order valence-corrected chi connectivity index (χ2v) is 2.63. The molecular formula is C7H8N6O3. The summed E-state index contributed by atoms with van der Waals surface area (Å²) in [6.45, 7) is 0. The Labute approximate surface area is 89.6 Å². The van der Waals surface area contributed by atoms with Gasteiger partial charge in [0.15, 0.2) is 0 Å². The number of aromatic nitrogens is 2. The van der Waals surface area contributed by atoms with Crippen molar-refractivity contribution in [2.75, 3.05) is 7.11 Å². The second kappa shape index (κ2) is 4.80. The van der Waals surface area contributed by atoms with Gasteiger partial charge in [0.1, 0.15) is 12.9 Å². The van der Waals surface area contributed by atoms with Gasteiger partial charge < -0.3 is 9.94 Å². The molecule has 0 spiro atoms. The van der Waals surface area contributed by atoms with Gasteiger partial charge in [0.2, 0.25) is 5.71 Å². The van der Waals surface area contributed by atoms with Crippen LogP contribution >= 0.6 is 0 Å². The van der Waals surface area contributed by atoms with Crippen LogP contribution in [0, 0.1) is 0 Å². The summed E-state index contributed by atoms with van der Waals surface area (Å²) < 4.78 is 1.23. The number of oxime groups is 1. The molecule has 0 aliphatic rings. The van der Waals surface area contributed by atoms with E-state index in [0.29, 0.717) is 0 Å². The number of hydrogen-bond donors (Lipinski definition) is 1. The second-order valence-electron chi connectivity index (χ2n) is 2.63. The summed E-state index contributed by atoms with van der Waals surface area (Å²) in [6, 6.07) is 1.30. The lowest BCUT2D eigenvalue weighted by atomic mass is 10.2. The van der Waals surface area contributed by atoms with E-state index in [9.17, 15) is 4.79 Å². The maximum absolute atomic E-state index is 10.9. The average molecular weight is 224 g/mol. The largest absolute Gasteiger partial charge is 0.476 e. The number of aryl methyl sites for hydroxylation is 1. The molecule has 0 fully saturated rings. The molecule has 1 N–H and O–H groups in total. The first-order valence-corrected chi connectivity index (χ1v) is 4.04. The van der Waals surface area contributed by atoms with E-state index in [1.54, 1.807) is 0 Å². The van der Waals surface area contributed by atoms with Crippen LogP contribution in [-0.4, -0.2) is 33.7 Å². The topological polar surface area (TPSA) is 125 Å². The number of carboxylic acids is 1. The van der Waals surface area contributed by atoms with E-state index in [2.05, 4.69) is 25.1 Å². The van der Waals surface area contributed by atoms with Gasteiger partial charge in [0, 0.05) is 12.0 Å². The quantitative estimate of drug-likeness (QED) is 0.267. The number of aliphatic carboxylic acids is 1. The zero-order valence-electron chi connectivity index (χ0n) is 8.52. The predicted molar refractivity (Wildman–Crippen MR) is 53.2 cm³/mol. The summed E-state index contributed by atoms with van der Waals surface area (Å²) in [6.07, 6.45) is 0. The molecule has 1 aromatic rings. The highest BCUT2D eigenvalue weighted by atomic mass is 16.6. The zero-order valence-corrected chi connectivity index (χ0v) is 8.52. The van der Waals surface area contributed by atoms with Crippen LogP contribution in [0.3, 0.4) is 0 Å². The Morgan fingerprint density at radius 1 is 1.75 bits per heavy atom. The standard InChI is InChI=1S/C7H8N6O3/c1-13-4(3-5(10-13)9-12-8)6(7(14)15)11-16-2/h3H,1-2H3,(H,14,15). The third-order valence-corrected chi connectivity index (χ3v) is 1.64. The highest BCUT2D eigenvalue weighted by Crippen LogP contribution is 2.13. The van der Waals surface area contributed by atoms with Crippen LogP contribution in [0.1, 0.15) is 5.69 Å². The molecule has 0 saturated carbocycles. The van der Waals surface area contributed by atoms with Crippen molar-refractivity contribution in [3.05, 3.63) is 22.2 Å². The highest BCUT2D eigenvalue weighted by molar-refractivity contribution is 6.42. The van der Waals surface area contributed by atoms with Gasteiger partial charge in [-0.25, -0.2) is 4.79 Å². The van der Waals surface area contributed by atoms with Crippen molar-refractivity contribution in [1.82, 2.24) is 9.78 Å². The van der Waals surface area contributed by atoms with Gasteiger partial charge in [-0.2, -0.15) is 5.10 Å². The van der Waals surface area contributed by atoms with Crippen LogP contribution in [-0.2, 0) is 16.7 Å². The Morgan fingerprint density at radius 3 is 2.94 bits per heavy atom. The summed E-state index contributed by atoms with van der Waals surface area (Å²) in [5.41, 5.74) is 8.06. The van der Waals surface area contributed by atoms with Crippen LogP contribution < -0.4 is 0 Å². The maximum atomic E-state index is 10.9. The fraction of sp³-hybridized carbons (Fsp3) is 0.286. The van der Waals surface area contributed by atoms with E-state index in [1.165, 1.54) is 24.9 Å². The lowest BCUT2D eigenvalue weighted by Crippen LogP contribution is -2.18. The fourth-order valence-corrected chi connectivity index (χ4v) is 1.06. The molecule has 84 valence electrons. The first-order valence-electron chi connectivity index (χ1n) is 4.04. The van der Waals surface area contributed by atoms with E-state index in [4.69, 9.17) is 10.6 Å². The van der Waals surface area contributed by atoms with E-state index in [1.807, 2.05) is 0 Å². The van der Waals surface area contributed by atoms with Gasteiger partial charge in [0.25, 0.3) is 0 Å². The van der Waals surface area contributed by atoms with Crippen LogP contribution in [0.4, 0.5) is 5.82 Å². The Kier molecular flexibility index (Phi) is 3.46. The van der Waals surface area contributed by atoms with Crippen molar-refractivity contribution in [3.63, 3.8) is 0 Å². The Morgan fingerprint density at radius 2 is 2.44 bits per heavy atom. The average Bonchev–Trinajstić information content (AvgIpc) is 2.56. The molecule has 1 rings (SSSR count). The third-order valence-electron chi connectivity index (χ3n) is 1.64. The normalized spacial score (nSPS) is 10.8. The fourth-order valence-electron chi connectivity index (χ4n) is 1.06. The molecule has 0 radical (unpaired) electrons. The monoisotopic (exact) mass is 224 g/mol. The van der Waals surface area contributed by atoms with E-state index < -0.39 is 5.97 Å². The van der Waals surface area contributed by atoms with E-state index >= 15 is 0 Å². The highest BCUT2D eigenvalue weighted by Gasteiger charge is 2.18. The number of rotatable bonds is 4. The summed E-state index contributed by atoms with van der Waals surface area (Å²) >= 11 is 0. The molecule has 9 heteroatoms. The van der Waals surface area contributed by atoms with E-state index in [-0.39, 0.29) is 17.2 Å². The first-order chi connectivity index (χ1) is 7.60. The maximum Gasteiger partial charge on any atom is 0.360 e. The Bertz CT molecular complexity index is 484. The number of nitrogens with zero attached hydrogens (tertiary/aromatic N) is 6. The summed E-state index contributed by atoms with van der Waals surface area (Å²) in [7, 11) is 2.73. The van der Waals surface area contributed by atoms with Crippen LogP contribution in [0.2, 0.25) is 0 Å². The molecular weight excluding hydrogens is 216 g/mol. The van der Waals surface area contributed by atoms with Crippen molar-refractivity contribution in [3.8, 4) is 0 Å². The Balaban J connectivity index is 3.25. The molecule has 1 heterocycles. The number of hydrogen-bond acceptors (Lipinski definition) is 5. The molecule has 1 aromatic heterocycles. The minimum atomic E-state index is -1.27. The van der Waals surface area contributed by atoms with Crippen molar-refractivity contribution < 1.29 is 14.7 Å². The van der Waals surface area contributed by atoms with Gasteiger partial charge in [-0.3, -0.25) is 4.68 Å². The van der Waals surface area contributed by atoms with Gasteiger partial charge >= 0.3 is 5.97 Å². The minimum Gasteiger partial charge on any atom is -0.476 e. The summed E-state index contributed by atoms with van der Waals surface area (Å²) in [5.74, 6) is -1.21. The number of carbonyl (C=O) groups is 1. The molecule has 0 aliphatic heterocycles. The van der Waals surface area contributed by atoms with Crippen molar-refractivity contribution in [1.29, 1.82) is 0 Å². The summed E-state index contributed by atoms with van der Waals surface area (Å²) in [4.78, 5) is 17.8. The lowest BCUT2D eigenvalue weighted by Gasteiger charge is -1.99. The predicted octanol–water partition coefficient (Wildman–Crippen LogP) is 0.797. The molecule has 0 saturated heterocycles. The smallest absolute Gasteiger partial charge is 0.360 e.